The van der Waals surface area contributed by atoms with Gasteiger partial charge in [-0.25, -0.2) is 0 Å². The number of amides is 1. The minimum absolute atomic E-state index is 0.104. The van der Waals surface area contributed by atoms with Gasteiger partial charge in [0.1, 0.15) is 5.75 Å². The van der Waals surface area contributed by atoms with Crippen molar-refractivity contribution in [3.63, 3.8) is 0 Å². The number of fused-ring (bicyclic) bond motifs is 1. The highest BCUT2D eigenvalue weighted by Gasteiger charge is 2.21. The zero-order valence-electron chi connectivity index (χ0n) is 16.1. The molecule has 0 aliphatic heterocycles. The maximum Gasteiger partial charge on any atom is 0.261 e. The molecule has 146 valence electrons. The van der Waals surface area contributed by atoms with Gasteiger partial charge in [-0.15, -0.1) is 0 Å². The van der Waals surface area contributed by atoms with E-state index < -0.39 is 0 Å². The number of phenols is 1. The Hall–Kier alpha value is -3.31. The third-order valence-corrected chi connectivity index (χ3v) is 5.28. The van der Waals surface area contributed by atoms with Crippen molar-refractivity contribution in [3.05, 3.63) is 88.1 Å². The molecule has 1 heterocycles. The minimum Gasteiger partial charge on any atom is -0.507 e. The highest BCUT2D eigenvalue weighted by Crippen LogP contribution is 2.31. The van der Waals surface area contributed by atoms with E-state index >= 15 is 0 Å². The highest BCUT2D eigenvalue weighted by atomic mass is 35.5. The number of anilines is 1. The summed E-state index contributed by atoms with van der Waals surface area (Å²) in [5.41, 5.74) is 4.59. The van der Waals surface area contributed by atoms with Crippen LogP contribution in [0.25, 0.3) is 10.9 Å². The second-order valence-electron chi connectivity index (χ2n) is 7.07. The quantitative estimate of drug-likeness (QED) is 0.496. The minimum atomic E-state index is -0.347. The topological polar surface area (TPSA) is 69.2 Å². The summed E-state index contributed by atoms with van der Waals surface area (Å²) >= 11 is 6.22. The summed E-state index contributed by atoms with van der Waals surface area (Å²) in [6.45, 7) is 2.05. The Morgan fingerprint density at radius 2 is 1.93 bits per heavy atom. The molecule has 0 bridgehead atoms. The van der Waals surface area contributed by atoms with Crippen LogP contribution in [-0.2, 0) is 6.42 Å². The number of carbonyl (C=O) groups is 1. The summed E-state index contributed by atoms with van der Waals surface area (Å²) in [4.78, 5) is 14.5. The van der Waals surface area contributed by atoms with Gasteiger partial charge in [0, 0.05) is 24.9 Å². The van der Waals surface area contributed by atoms with Crippen LogP contribution in [0.2, 0.25) is 5.02 Å². The molecular formula is C23H20ClN3O2. The van der Waals surface area contributed by atoms with Gasteiger partial charge in [-0.1, -0.05) is 53.6 Å². The number of aromatic amines is 1. The molecule has 2 N–H and O–H groups in total. The molecule has 1 amide bonds. The summed E-state index contributed by atoms with van der Waals surface area (Å²) in [7, 11) is 1.64. The van der Waals surface area contributed by atoms with E-state index in [0.717, 1.165) is 16.6 Å². The summed E-state index contributed by atoms with van der Waals surface area (Å²) in [6.07, 6.45) is 0.625. The molecule has 4 aromatic rings. The smallest absolute Gasteiger partial charge is 0.261 e. The molecule has 0 fully saturated rings. The number of aryl methyl sites for hydroxylation is 1. The maximum atomic E-state index is 13.1. The summed E-state index contributed by atoms with van der Waals surface area (Å²) in [5, 5.41) is 19.1. The van der Waals surface area contributed by atoms with Gasteiger partial charge in [0.05, 0.1) is 27.5 Å². The lowest BCUT2D eigenvalue weighted by atomic mass is 10.0. The van der Waals surface area contributed by atoms with Crippen LogP contribution >= 0.6 is 11.6 Å². The van der Waals surface area contributed by atoms with Crippen LogP contribution in [0.15, 0.2) is 60.7 Å². The predicted molar refractivity (Wildman–Crippen MR) is 116 cm³/mol. The summed E-state index contributed by atoms with van der Waals surface area (Å²) < 4.78 is 0. The molecule has 0 radical (unpaired) electrons. The van der Waals surface area contributed by atoms with Crippen molar-refractivity contribution in [2.45, 2.75) is 13.3 Å². The third-order valence-electron chi connectivity index (χ3n) is 4.96. The Kier molecular flexibility index (Phi) is 4.99. The average molecular weight is 406 g/mol. The van der Waals surface area contributed by atoms with Gasteiger partial charge in [-0.2, -0.15) is 5.10 Å². The van der Waals surface area contributed by atoms with Crippen molar-refractivity contribution in [2.75, 3.05) is 11.9 Å². The first kappa shape index (κ1) is 19.0. The molecule has 0 saturated carbocycles. The van der Waals surface area contributed by atoms with Crippen LogP contribution in [0, 0.1) is 6.92 Å². The van der Waals surface area contributed by atoms with E-state index in [9.17, 15) is 9.90 Å². The number of nitrogens with zero attached hydrogens (tertiary/aromatic N) is 2. The number of rotatable bonds is 4. The Balaban J connectivity index is 1.72. The molecule has 29 heavy (non-hydrogen) atoms. The molecule has 6 heteroatoms. The lowest BCUT2D eigenvalue weighted by molar-refractivity contribution is 0.0990. The van der Waals surface area contributed by atoms with Gasteiger partial charge in [0.2, 0.25) is 0 Å². The number of phenolic OH excluding ortho intramolecular Hbond substituents is 1. The molecule has 0 aliphatic carbocycles. The van der Waals surface area contributed by atoms with Crippen molar-refractivity contribution in [1.82, 2.24) is 10.2 Å². The molecule has 0 saturated heterocycles. The van der Waals surface area contributed by atoms with Crippen LogP contribution in [0.4, 0.5) is 5.69 Å². The summed E-state index contributed by atoms with van der Waals surface area (Å²) in [5.74, 6) is -0.452. The van der Waals surface area contributed by atoms with Gasteiger partial charge in [0.25, 0.3) is 5.91 Å². The predicted octanol–water partition coefficient (Wildman–Crippen LogP) is 5.10. The first-order chi connectivity index (χ1) is 13.9. The van der Waals surface area contributed by atoms with Crippen molar-refractivity contribution in [1.29, 1.82) is 0 Å². The zero-order valence-corrected chi connectivity index (χ0v) is 16.9. The van der Waals surface area contributed by atoms with Gasteiger partial charge < -0.3 is 10.0 Å². The van der Waals surface area contributed by atoms with Gasteiger partial charge >= 0.3 is 0 Å². The number of halogens is 1. The molecule has 5 nitrogen and oxygen atoms in total. The van der Waals surface area contributed by atoms with E-state index in [1.807, 2.05) is 31.2 Å². The second-order valence-corrected chi connectivity index (χ2v) is 7.47. The first-order valence-electron chi connectivity index (χ1n) is 9.22. The average Bonchev–Trinajstić information content (AvgIpc) is 3.08. The van der Waals surface area contributed by atoms with E-state index in [1.54, 1.807) is 31.3 Å². The fraction of sp³-hybridized carbons (Fsp3) is 0.130. The largest absolute Gasteiger partial charge is 0.507 e. The van der Waals surface area contributed by atoms with E-state index in [4.69, 9.17) is 11.6 Å². The van der Waals surface area contributed by atoms with E-state index in [-0.39, 0.29) is 17.2 Å². The zero-order chi connectivity index (χ0) is 20.5. The number of benzene rings is 3. The molecule has 0 aliphatic rings. The van der Waals surface area contributed by atoms with Crippen LogP contribution in [-0.4, -0.2) is 28.3 Å². The Bertz CT molecular complexity index is 1220. The number of nitrogens with one attached hydrogen (secondary N) is 1. The fourth-order valence-corrected chi connectivity index (χ4v) is 3.71. The molecule has 4 rings (SSSR count). The van der Waals surface area contributed by atoms with E-state index in [0.29, 0.717) is 22.6 Å². The van der Waals surface area contributed by atoms with Gasteiger partial charge in [-0.3, -0.25) is 9.89 Å². The van der Waals surface area contributed by atoms with Gasteiger partial charge in [0.15, 0.2) is 0 Å². The Labute approximate surface area is 173 Å². The maximum absolute atomic E-state index is 13.1. The second kappa shape index (κ2) is 7.60. The number of H-pyrrole nitrogens is 1. The van der Waals surface area contributed by atoms with E-state index in [1.165, 1.54) is 16.5 Å². The lowest BCUT2D eigenvalue weighted by Crippen LogP contribution is -2.26. The Morgan fingerprint density at radius 1 is 1.14 bits per heavy atom. The van der Waals surface area contributed by atoms with Crippen molar-refractivity contribution < 1.29 is 9.90 Å². The molecule has 0 spiro atoms. The Morgan fingerprint density at radius 3 is 2.69 bits per heavy atom. The first-order valence-corrected chi connectivity index (χ1v) is 9.60. The molecule has 0 atom stereocenters. The van der Waals surface area contributed by atoms with Crippen molar-refractivity contribution in [2.24, 2.45) is 0 Å². The fourth-order valence-electron chi connectivity index (χ4n) is 3.44. The number of aromatic hydroxyl groups is 1. The number of para-hydroxylation sites is 1. The number of carbonyl (C=O) groups excluding carboxylic acids is 1. The lowest BCUT2D eigenvalue weighted by Gasteiger charge is -2.19. The van der Waals surface area contributed by atoms with Crippen molar-refractivity contribution in [3.8, 4) is 5.75 Å². The third kappa shape index (κ3) is 3.69. The van der Waals surface area contributed by atoms with E-state index in [2.05, 4.69) is 16.3 Å². The van der Waals surface area contributed by atoms with Crippen molar-refractivity contribution >= 4 is 34.1 Å². The monoisotopic (exact) mass is 405 g/mol. The molecule has 3 aromatic carbocycles. The summed E-state index contributed by atoms with van der Waals surface area (Å²) in [6, 6.07) is 18.5. The van der Waals surface area contributed by atoms with Crippen LogP contribution in [0.5, 0.6) is 5.75 Å². The van der Waals surface area contributed by atoms with Crippen LogP contribution < -0.4 is 4.90 Å². The molecule has 1 aromatic heterocycles. The normalized spacial score (nSPS) is 11.0. The molecule has 0 unspecified atom stereocenters. The highest BCUT2D eigenvalue weighted by molar-refractivity contribution is 6.34. The van der Waals surface area contributed by atoms with Crippen LogP contribution in [0.3, 0.4) is 0 Å². The van der Waals surface area contributed by atoms with Crippen LogP contribution in [0.1, 0.15) is 27.2 Å². The number of hydrogen-bond donors (Lipinski definition) is 2. The van der Waals surface area contributed by atoms with Gasteiger partial charge in [-0.05, 0) is 30.7 Å². The SMILES string of the molecule is Cc1cccc(Cc2n[nH]c3cc(O)c(C(=O)N(C)c4ccccc4Cl)cc23)c1. The molecular weight excluding hydrogens is 386 g/mol. The number of aromatic nitrogens is 2. The number of hydrogen-bond acceptors (Lipinski definition) is 3. The standard InChI is InChI=1S/C23H20ClN3O2/c1-14-6-5-7-15(10-14)11-19-16-12-17(22(28)13-20(16)26-25-19)23(29)27(2)21-9-4-3-8-18(21)24/h3-10,12-13,28H,11H2,1-2H3,(H,25,26).